The molecule has 1 aliphatic rings. The summed E-state index contributed by atoms with van der Waals surface area (Å²) in [5, 5.41) is 21.4. The van der Waals surface area contributed by atoms with Crippen molar-refractivity contribution in [1.29, 1.82) is 0 Å². The molecule has 1 aliphatic heterocycles. The molecule has 5 aromatic rings. The number of tetrazole rings is 1. The Morgan fingerprint density at radius 1 is 1.05 bits per heavy atom. The number of piperidine rings is 1. The number of aromatic nitrogens is 6. The summed E-state index contributed by atoms with van der Waals surface area (Å²) in [5.74, 6) is -0.535. The second kappa shape index (κ2) is 11.8. The van der Waals surface area contributed by atoms with Gasteiger partial charge in [0.15, 0.2) is 0 Å². The van der Waals surface area contributed by atoms with Crippen molar-refractivity contribution in [3.63, 3.8) is 0 Å². The first-order chi connectivity index (χ1) is 20.5. The lowest BCUT2D eigenvalue weighted by atomic mass is 9.83. The van der Waals surface area contributed by atoms with Crippen LogP contribution in [0.4, 0.5) is 0 Å². The molecule has 1 saturated heterocycles. The minimum atomic E-state index is -1.00. The summed E-state index contributed by atoms with van der Waals surface area (Å²) in [6.45, 7) is 0.553. The minimum Gasteiger partial charge on any atom is -0.478 e. The van der Waals surface area contributed by atoms with Gasteiger partial charge in [0.05, 0.1) is 23.0 Å². The zero-order valence-electron chi connectivity index (χ0n) is 22.3. The number of aromatic amines is 1. The smallest absolute Gasteiger partial charge is 0.335 e. The molecule has 0 bridgehead atoms. The van der Waals surface area contributed by atoms with E-state index in [-0.39, 0.29) is 23.4 Å². The Kier molecular flexibility index (Phi) is 7.61. The summed E-state index contributed by atoms with van der Waals surface area (Å²) in [5.41, 5.74) is 3.96. The summed E-state index contributed by atoms with van der Waals surface area (Å²) in [4.78, 5) is 35.4. The molecule has 11 heteroatoms. The maximum atomic E-state index is 13.9. The standard InChI is InChI=1S/C31H26ClN7O3/c32-24-12-13-27(39-19-34-36-37-39)22(17-24)11-14-28(40)38-15-5-10-25(20-6-2-1-3-7-20)29(38)30-33-18-26(35-30)21-8-4-9-23(16-21)31(41)42/h1-4,6-9,11-14,16-19,25,29H,5,10,15H2,(H,33,35)(H,41,42)/t25-,29-/m0/s1. The molecule has 2 N–H and O–H groups in total. The molecular weight excluding hydrogens is 554 g/mol. The van der Waals surface area contributed by atoms with Crippen molar-refractivity contribution in [2.24, 2.45) is 0 Å². The summed E-state index contributed by atoms with van der Waals surface area (Å²) in [6, 6.07) is 21.7. The molecule has 1 fully saturated rings. The second-order valence-corrected chi connectivity index (χ2v) is 10.4. The molecule has 0 radical (unpaired) electrons. The number of benzene rings is 3. The molecule has 0 spiro atoms. The van der Waals surface area contributed by atoms with Crippen molar-refractivity contribution in [2.75, 3.05) is 6.54 Å². The van der Waals surface area contributed by atoms with Crippen LogP contribution < -0.4 is 0 Å². The lowest BCUT2D eigenvalue weighted by Crippen LogP contribution is -2.41. The molecule has 0 aliphatic carbocycles. The predicted octanol–water partition coefficient (Wildman–Crippen LogP) is 5.56. The monoisotopic (exact) mass is 579 g/mol. The van der Waals surface area contributed by atoms with Crippen molar-refractivity contribution < 1.29 is 14.7 Å². The largest absolute Gasteiger partial charge is 0.478 e. The van der Waals surface area contributed by atoms with Gasteiger partial charge in [0.25, 0.3) is 0 Å². The third-order valence-electron chi connectivity index (χ3n) is 7.42. The highest BCUT2D eigenvalue weighted by atomic mass is 35.5. The Balaban J connectivity index is 1.36. The van der Waals surface area contributed by atoms with Gasteiger partial charge in [0.2, 0.25) is 5.91 Å². The zero-order chi connectivity index (χ0) is 29.1. The molecule has 42 heavy (non-hydrogen) atoms. The quantitative estimate of drug-likeness (QED) is 0.241. The van der Waals surface area contributed by atoms with Crippen LogP contribution >= 0.6 is 11.6 Å². The van der Waals surface area contributed by atoms with Gasteiger partial charge in [0.1, 0.15) is 12.2 Å². The first-order valence-electron chi connectivity index (χ1n) is 13.4. The van der Waals surface area contributed by atoms with E-state index in [0.717, 1.165) is 18.4 Å². The molecule has 210 valence electrons. The average molecular weight is 580 g/mol. The van der Waals surface area contributed by atoms with Crippen LogP contribution in [0.1, 0.15) is 52.1 Å². The van der Waals surface area contributed by atoms with Gasteiger partial charge in [-0.15, -0.1) is 5.10 Å². The van der Waals surface area contributed by atoms with Gasteiger partial charge in [-0.25, -0.2) is 9.78 Å². The Bertz CT molecular complexity index is 1750. The minimum absolute atomic E-state index is 0.00427. The summed E-state index contributed by atoms with van der Waals surface area (Å²) >= 11 is 6.28. The SMILES string of the molecule is O=C(O)c1cccc(-c2c[nH]c([C@@H]3[C@H](c4ccccc4)CCCN3C(=O)C=Cc3cc(Cl)ccc3-n3cnnn3)n2)c1. The number of amides is 1. The summed E-state index contributed by atoms with van der Waals surface area (Å²) in [6.07, 6.45) is 8.21. The molecule has 2 atom stereocenters. The molecule has 3 heterocycles. The van der Waals surface area contributed by atoms with Gasteiger partial charge >= 0.3 is 5.97 Å². The number of carboxylic acid groups (broad SMARTS) is 1. The molecule has 10 nitrogen and oxygen atoms in total. The van der Waals surface area contributed by atoms with Crippen LogP contribution in [0.5, 0.6) is 0 Å². The third-order valence-corrected chi connectivity index (χ3v) is 7.65. The maximum absolute atomic E-state index is 13.9. The van der Waals surface area contributed by atoms with E-state index in [9.17, 15) is 14.7 Å². The third kappa shape index (κ3) is 5.57. The highest BCUT2D eigenvalue weighted by Gasteiger charge is 2.37. The van der Waals surface area contributed by atoms with Gasteiger partial charge in [0, 0.05) is 40.9 Å². The molecule has 3 aromatic carbocycles. The second-order valence-electron chi connectivity index (χ2n) is 9.98. The first-order valence-corrected chi connectivity index (χ1v) is 13.8. The van der Waals surface area contributed by atoms with Gasteiger partial charge in [-0.2, -0.15) is 4.68 Å². The summed E-state index contributed by atoms with van der Waals surface area (Å²) in [7, 11) is 0. The lowest BCUT2D eigenvalue weighted by Gasteiger charge is -2.40. The van der Waals surface area contributed by atoms with Crippen molar-refractivity contribution in [3.05, 3.63) is 119 Å². The van der Waals surface area contributed by atoms with E-state index in [1.807, 2.05) is 29.2 Å². The van der Waals surface area contributed by atoms with Crippen LogP contribution in [0.25, 0.3) is 23.0 Å². The number of carboxylic acids is 1. The van der Waals surface area contributed by atoms with E-state index in [4.69, 9.17) is 16.6 Å². The topological polar surface area (TPSA) is 130 Å². The Morgan fingerprint density at radius 3 is 2.69 bits per heavy atom. The first kappa shape index (κ1) is 27.1. The van der Waals surface area contributed by atoms with E-state index in [0.29, 0.717) is 39.9 Å². The number of carbonyl (C=O) groups excluding carboxylic acids is 1. The van der Waals surface area contributed by atoms with E-state index in [1.54, 1.807) is 54.7 Å². The van der Waals surface area contributed by atoms with Gasteiger partial charge in [-0.05, 0) is 65.2 Å². The fourth-order valence-electron chi connectivity index (χ4n) is 5.47. The number of likely N-dealkylation sites (tertiary alicyclic amines) is 1. The molecule has 0 saturated carbocycles. The van der Waals surface area contributed by atoms with E-state index in [1.165, 1.54) is 11.0 Å². The zero-order valence-corrected chi connectivity index (χ0v) is 23.1. The number of nitrogens with one attached hydrogen (secondary N) is 1. The predicted molar refractivity (Wildman–Crippen MR) is 157 cm³/mol. The number of halogens is 1. The molecule has 2 aromatic heterocycles. The number of aromatic carboxylic acids is 1. The Hall–Kier alpha value is -5.09. The van der Waals surface area contributed by atoms with Crippen molar-refractivity contribution in [3.8, 4) is 16.9 Å². The van der Waals surface area contributed by atoms with E-state index in [2.05, 4.69) is 32.6 Å². The molecule has 1 amide bonds. The molecule has 0 unspecified atom stereocenters. The van der Waals surface area contributed by atoms with Gasteiger partial charge in [-0.1, -0.05) is 54.1 Å². The molecule has 6 rings (SSSR count). The van der Waals surface area contributed by atoms with Gasteiger partial charge in [-0.3, -0.25) is 4.79 Å². The number of imidazole rings is 1. The normalized spacial score (nSPS) is 17.0. The van der Waals surface area contributed by atoms with E-state index < -0.39 is 5.97 Å². The van der Waals surface area contributed by atoms with Gasteiger partial charge < -0.3 is 15.0 Å². The van der Waals surface area contributed by atoms with Crippen LogP contribution in [-0.2, 0) is 4.79 Å². The Morgan fingerprint density at radius 2 is 1.90 bits per heavy atom. The highest BCUT2D eigenvalue weighted by Crippen LogP contribution is 2.42. The van der Waals surface area contributed by atoms with Crippen LogP contribution in [0, 0.1) is 0 Å². The summed E-state index contributed by atoms with van der Waals surface area (Å²) < 4.78 is 1.51. The fraction of sp³-hybridized carbons (Fsp3) is 0.161. The van der Waals surface area contributed by atoms with Crippen LogP contribution in [-0.4, -0.2) is 58.6 Å². The van der Waals surface area contributed by atoms with Crippen molar-refractivity contribution in [2.45, 2.75) is 24.8 Å². The number of carbonyl (C=O) groups is 2. The number of rotatable bonds is 7. The highest BCUT2D eigenvalue weighted by molar-refractivity contribution is 6.30. The number of hydrogen-bond donors (Lipinski definition) is 2. The van der Waals surface area contributed by atoms with Crippen LogP contribution in [0.2, 0.25) is 5.02 Å². The van der Waals surface area contributed by atoms with Crippen LogP contribution in [0.15, 0.2) is 91.4 Å². The average Bonchev–Trinajstić information content (AvgIpc) is 3.73. The fourth-order valence-corrected chi connectivity index (χ4v) is 5.65. The van der Waals surface area contributed by atoms with E-state index >= 15 is 0 Å². The number of hydrogen-bond acceptors (Lipinski definition) is 6. The van der Waals surface area contributed by atoms with Crippen LogP contribution in [0.3, 0.4) is 0 Å². The van der Waals surface area contributed by atoms with Crippen molar-refractivity contribution in [1.82, 2.24) is 35.1 Å². The lowest BCUT2D eigenvalue weighted by molar-refractivity contribution is -0.130. The number of nitrogens with zero attached hydrogens (tertiary/aromatic N) is 6. The van der Waals surface area contributed by atoms with Crippen molar-refractivity contribution >= 4 is 29.6 Å². The maximum Gasteiger partial charge on any atom is 0.335 e. The number of H-pyrrole nitrogens is 1. The molecular formula is C31H26ClN7O3. The Labute approximate surface area is 246 Å².